The van der Waals surface area contributed by atoms with E-state index >= 15 is 0 Å². The first-order valence-electron chi connectivity index (χ1n) is 20.9. The number of hydrogen-bond acceptors (Lipinski definition) is 0. The van der Waals surface area contributed by atoms with Gasteiger partial charge in [-0.15, -0.1) is 0 Å². The van der Waals surface area contributed by atoms with Crippen LogP contribution >= 0.6 is 0 Å². The van der Waals surface area contributed by atoms with Crippen LogP contribution in [0.1, 0.15) is 43.2 Å². The molecular weight excluding hydrogens is 673 g/mol. The predicted molar refractivity (Wildman–Crippen MR) is 236 cm³/mol. The van der Waals surface area contributed by atoms with Crippen LogP contribution < -0.4 is 0 Å². The van der Waals surface area contributed by atoms with Gasteiger partial charge in [0, 0.05) is 5.41 Å². The Labute approximate surface area is 328 Å². The van der Waals surface area contributed by atoms with Crippen molar-refractivity contribution in [2.75, 3.05) is 0 Å². The van der Waals surface area contributed by atoms with Crippen molar-refractivity contribution in [3.05, 3.63) is 181 Å². The van der Waals surface area contributed by atoms with Crippen LogP contribution in [-0.4, -0.2) is 0 Å². The van der Waals surface area contributed by atoms with Gasteiger partial charge in [-0.05, 0) is 167 Å². The van der Waals surface area contributed by atoms with Crippen molar-refractivity contribution in [2.45, 2.75) is 37.5 Å². The Balaban J connectivity index is 0.998. The normalized spacial score (nSPS) is 23.1. The molecule has 9 aromatic rings. The third-order valence-electron chi connectivity index (χ3n) is 15.0. The van der Waals surface area contributed by atoms with Gasteiger partial charge in [-0.2, -0.15) is 0 Å². The molecule has 0 saturated heterocycles. The molecule has 56 heavy (non-hydrogen) atoms. The van der Waals surface area contributed by atoms with E-state index < -0.39 is 0 Å². The lowest BCUT2D eigenvalue weighted by atomic mass is 9.43. The summed E-state index contributed by atoms with van der Waals surface area (Å²) < 4.78 is 0. The van der Waals surface area contributed by atoms with Gasteiger partial charge in [-0.3, -0.25) is 0 Å². The van der Waals surface area contributed by atoms with Gasteiger partial charge in [0.2, 0.25) is 0 Å². The van der Waals surface area contributed by atoms with Gasteiger partial charge in [0.25, 0.3) is 0 Å². The fraction of sp³-hybridized carbons (Fsp3) is 0.179. The standard InChI is InChI=1S/C56H42/c1-2-12-42-38(11-1)32-51(44-14-4-3-13-43(42)44)36-21-23-37(24-22-36)54-47-16-5-7-18-49(47)55(50-19-8-6-17-48(50)54)39-25-26-46-45-15-9-10-20-52(45)56(53(46)33-39)40-28-34-27-35(30-40)31-41(56)29-34/h1-26,32-35,40-41H,27-31H2. The van der Waals surface area contributed by atoms with Crippen LogP contribution in [0, 0.1) is 23.7 Å². The van der Waals surface area contributed by atoms with E-state index in [9.17, 15) is 0 Å². The third-order valence-corrected chi connectivity index (χ3v) is 15.0. The van der Waals surface area contributed by atoms with E-state index in [0.717, 1.165) is 23.7 Å². The SMILES string of the molecule is c1ccc2c(c1)-c1ccc(-c3c4ccccc4c(-c4ccc(-c5cc6ccccc6c6ccccc56)cc4)c4ccccc34)cc1C21C2CC3CC(C2)CC1C3. The Hall–Kier alpha value is -5.98. The Morgan fingerprint density at radius 2 is 0.804 bits per heavy atom. The average molecular weight is 715 g/mol. The monoisotopic (exact) mass is 714 g/mol. The molecule has 0 aliphatic heterocycles. The lowest BCUT2D eigenvalue weighted by Gasteiger charge is -2.61. The van der Waals surface area contributed by atoms with Crippen molar-refractivity contribution in [2.24, 2.45) is 23.7 Å². The number of benzene rings is 9. The quantitative estimate of drug-likeness (QED) is 0.126. The van der Waals surface area contributed by atoms with Crippen molar-refractivity contribution in [3.8, 4) is 44.5 Å². The Bertz CT molecular complexity index is 3000. The molecule has 0 unspecified atom stereocenters. The highest BCUT2D eigenvalue weighted by atomic mass is 14.6. The molecule has 0 nitrogen and oxygen atoms in total. The van der Waals surface area contributed by atoms with E-state index in [1.165, 1.54) is 120 Å². The van der Waals surface area contributed by atoms with Gasteiger partial charge in [0.1, 0.15) is 0 Å². The number of fused-ring (bicyclic) bond motifs is 8. The van der Waals surface area contributed by atoms with Crippen LogP contribution in [0.2, 0.25) is 0 Å². The molecule has 5 aliphatic rings. The molecular formula is C56H42. The van der Waals surface area contributed by atoms with Gasteiger partial charge in [-0.1, -0.05) is 158 Å². The third kappa shape index (κ3) is 4.15. The molecule has 0 N–H and O–H groups in total. The largest absolute Gasteiger partial charge is 0.0619 e. The lowest BCUT2D eigenvalue weighted by molar-refractivity contribution is -0.0399. The molecule has 266 valence electrons. The van der Waals surface area contributed by atoms with E-state index in [0.29, 0.717) is 0 Å². The molecule has 4 saturated carbocycles. The second-order valence-corrected chi connectivity index (χ2v) is 17.6. The molecule has 0 radical (unpaired) electrons. The molecule has 4 fully saturated rings. The van der Waals surface area contributed by atoms with Crippen molar-refractivity contribution in [3.63, 3.8) is 0 Å². The molecule has 5 aliphatic carbocycles. The summed E-state index contributed by atoms with van der Waals surface area (Å²) in [5.41, 5.74) is 14.2. The maximum Gasteiger partial charge on any atom is 0.0272 e. The molecule has 14 rings (SSSR count). The van der Waals surface area contributed by atoms with Gasteiger partial charge in [0.05, 0.1) is 0 Å². The Morgan fingerprint density at radius 3 is 1.46 bits per heavy atom. The summed E-state index contributed by atoms with van der Waals surface area (Å²) >= 11 is 0. The highest BCUT2D eigenvalue weighted by Crippen LogP contribution is 2.69. The van der Waals surface area contributed by atoms with Crippen molar-refractivity contribution in [1.82, 2.24) is 0 Å². The minimum absolute atomic E-state index is 0.152. The summed E-state index contributed by atoms with van der Waals surface area (Å²) in [5, 5.41) is 10.5. The van der Waals surface area contributed by atoms with E-state index in [1.807, 2.05) is 0 Å². The zero-order valence-electron chi connectivity index (χ0n) is 31.5. The highest BCUT2D eigenvalue weighted by Gasteiger charge is 2.61. The molecule has 9 aromatic carbocycles. The highest BCUT2D eigenvalue weighted by molar-refractivity contribution is 6.21. The Morgan fingerprint density at radius 1 is 0.321 bits per heavy atom. The van der Waals surface area contributed by atoms with E-state index in [2.05, 4.69) is 170 Å². The van der Waals surface area contributed by atoms with E-state index in [-0.39, 0.29) is 5.41 Å². The lowest BCUT2D eigenvalue weighted by Crippen LogP contribution is -2.55. The summed E-state index contributed by atoms with van der Waals surface area (Å²) in [6, 6.07) is 64.9. The smallest absolute Gasteiger partial charge is 0.0272 e. The summed E-state index contributed by atoms with van der Waals surface area (Å²) in [7, 11) is 0. The van der Waals surface area contributed by atoms with Crippen LogP contribution in [0.4, 0.5) is 0 Å². The maximum absolute atomic E-state index is 2.67. The van der Waals surface area contributed by atoms with Crippen LogP contribution in [0.5, 0.6) is 0 Å². The maximum atomic E-state index is 2.67. The molecule has 0 aromatic heterocycles. The van der Waals surface area contributed by atoms with Crippen molar-refractivity contribution in [1.29, 1.82) is 0 Å². The van der Waals surface area contributed by atoms with Crippen LogP contribution in [0.25, 0.3) is 87.6 Å². The first-order chi connectivity index (χ1) is 27.7. The molecule has 0 heteroatoms. The molecule has 4 bridgehead atoms. The predicted octanol–water partition coefficient (Wildman–Crippen LogP) is 15.0. The summed E-state index contributed by atoms with van der Waals surface area (Å²) in [4.78, 5) is 0. The number of rotatable bonds is 3. The Kier molecular flexibility index (Phi) is 6.43. The fourth-order valence-corrected chi connectivity index (χ4v) is 13.2. The van der Waals surface area contributed by atoms with Crippen LogP contribution in [0.3, 0.4) is 0 Å². The van der Waals surface area contributed by atoms with Gasteiger partial charge < -0.3 is 0 Å². The zero-order valence-corrected chi connectivity index (χ0v) is 31.5. The van der Waals surface area contributed by atoms with Gasteiger partial charge in [-0.25, -0.2) is 0 Å². The average Bonchev–Trinajstić information content (AvgIpc) is 3.54. The summed E-state index contributed by atoms with van der Waals surface area (Å²) in [6.45, 7) is 0. The van der Waals surface area contributed by atoms with Crippen molar-refractivity contribution >= 4 is 43.1 Å². The topological polar surface area (TPSA) is 0 Å². The molecule has 0 amide bonds. The molecule has 1 spiro atoms. The summed E-state index contributed by atoms with van der Waals surface area (Å²) in [5.74, 6) is 3.37. The van der Waals surface area contributed by atoms with Crippen molar-refractivity contribution < 1.29 is 0 Å². The van der Waals surface area contributed by atoms with E-state index in [4.69, 9.17) is 0 Å². The fourth-order valence-electron chi connectivity index (χ4n) is 13.2. The van der Waals surface area contributed by atoms with E-state index in [1.54, 1.807) is 11.1 Å². The first-order valence-corrected chi connectivity index (χ1v) is 20.9. The van der Waals surface area contributed by atoms with Gasteiger partial charge >= 0.3 is 0 Å². The summed E-state index contributed by atoms with van der Waals surface area (Å²) in [6.07, 6.45) is 7.09. The molecule has 0 heterocycles. The van der Waals surface area contributed by atoms with Crippen LogP contribution in [0.15, 0.2) is 170 Å². The number of hydrogen-bond donors (Lipinski definition) is 0. The minimum atomic E-state index is 0.152. The first kappa shape index (κ1) is 31.2. The minimum Gasteiger partial charge on any atom is -0.0619 e. The second-order valence-electron chi connectivity index (χ2n) is 17.6. The van der Waals surface area contributed by atoms with Gasteiger partial charge in [0.15, 0.2) is 0 Å². The second kappa shape index (κ2) is 11.5. The molecule has 0 atom stereocenters. The zero-order chi connectivity index (χ0) is 36.5. The van der Waals surface area contributed by atoms with Crippen LogP contribution in [-0.2, 0) is 5.41 Å².